The lowest BCUT2D eigenvalue weighted by Gasteiger charge is -2.35. The van der Waals surface area contributed by atoms with E-state index in [0.29, 0.717) is 19.4 Å². The van der Waals surface area contributed by atoms with Crippen LogP contribution in [-0.2, 0) is 29.1 Å². The summed E-state index contributed by atoms with van der Waals surface area (Å²) in [6.45, 7) is 14.2. The molecule has 11 nitrogen and oxygen atoms in total. The number of esters is 1. The van der Waals surface area contributed by atoms with Crippen LogP contribution in [0.5, 0.6) is 0 Å². The smallest absolute Gasteiger partial charge is 0.325 e. The van der Waals surface area contributed by atoms with Crippen LogP contribution in [0.25, 0.3) is 16.8 Å². The Morgan fingerprint density at radius 3 is 2.56 bits per heavy atom. The molecule has 1 saturated heterocycles. The number of carbonyl (C=O) groups excluding carboxylic acids is 3. The Labute approximate surface area is 241 Å². The maximum absolute atomic E-state index is 13.1. The monoisotopic (exact) mass is 585 g/mol. The van der Waals surface area contributed by atoms with E-state index >= 15 is 0 Å². The van der Waals surface area contributed by atoms with Crippen LogP contribution in [0.4, 0.5) is 0 Å². The van der Waals surface area contributed by atoms with Crippen LogP contribution in [-0.4, -0.2) is 66.6 Å². The molecule has 222 valence electrons. The Morgan fingerprint density at radius 2 is 1.90 bits per heavy atom. The molecule has 1 aromatic heterocycles. The van der Waals surface area contributed by atoms with Crippen molar-refractivity contribution in [3.63, 3.8) is 0 Å². The number of nitrogens with zero attached hydrogens (tertiary/aromatic N) is 2. The summed E-state index contributed by atoms with van der Waals surface area (Å²) in [4.78, 5) is 43.3. The van der Waals surface area contributed by atoms with Gasteiger partial charge in [-0.2, -0.15) is 0 Å². The van der Waals surface area contributed by atoms with Crippen molar-refractivity contribution in [3.8, 4) is 0 Å². The highest BCUT2D eigenvalue weighted by Crippen LogP contribution is 2.24. The Morgan fingerprint density at radius 1 is 1.17 bits per heavy atom. The third kappa shape index (κ3) is 8.44. The number of carbonyl (C=O) groups is 3. The van der Waals surface area contributed by atoms with E-state index in [-0.39, 0.29) is 11.7 Å². The van der Waals surface area contributed by atoms with Crippen molar-refractivity contribution in [2.24, 2.45) is 5.92 Å². The fourth-order valence-electron chi connectivity index (χ4n) is 4.47. The fourth-order valence-corrected chi connectivity index (χ4v) is 5.64. The maximum Gasteiger partial charge on any atom is 0.325 e. The van der Waals surface area contributed by atoms with E-state index in [1.807, 2.05) is 24.3 Å². The minimum absolute atomic E-state index is 0.333. The molecule has 0 spiro atoms. The van der Waals surface area contributed by atoms with Gasteiger partial charge in [-0.3, -0.25) is 24.4 Å². The number of ether oxygens (including phenoxy) is 1. The molecule has 0 bridgehead atoms. The first-order valence-corrected chi connectivity index (χ1v) is 15.2. The zero-order valence-corrected chi connectivity index (χ0v) is 24.7. The molecule has 3 N–H and O–H groups in total. The number of aromatic nitrogens is 1. The number of fused-ring (bicyclic) bond motifs is 1. The van der Waals surface area contributed by atoms with Crippen LogP contribution < -0.4 is 15.5 Å². The van der Waals surface area contributed by atoms with Gasteiger partial charge in [-0.15, -0.1) is 6.58 Å². The van der Waals surface area contributed by atoms with Crippen LogP contribution in [0.15, 0.2) is 49.7 Å². The van der Waals surface area contributed by atoms with Crippen molar-refractivity contribution >= 4 is 44.7 Å². The summed E-state index contributed by atoms with van der Waals surface area (Å²) in [6.07, 6.45) is 5.15. The van der Waals surface area contributed by atoms with Gasteiger partial charge >= 0.3 is 5.97 Å². The van der Waals surface area contributed by atoms with Crippen LogP contribution in [0.2, 0.25) is 0 Å². The number of hydrogen-bond donors (Lipinski definition) is 3. The van der Waals surface area contributed by atoms with Gasteiger partial charge < -0.3 is 10.1 Å². The van der Waals surface area contributed by atoms with Gasteiger partial charge in [-0.1, -0.05) is 38.6 Å². The van der Waals surface area contributed by atoms with E-state index in [4.69, 9.17) is 4.74 Å². The largest absolute Gasteiger partial charge is 0.457 e. The van der Waals surface area contributed by atoms with Crippen molar-refractivity contribution in [1.82, 2.24) is 25.5 Å². The number of hydrazine groups is 1. The molecule has 12 heteroatoms. The highest BCUT2D eigenvalue weighted by molar-refractivity contribution is 7.89. The average molecular weight is 586 g/mol. The highest BCUT2D eigenvalue weighted by atomic mass is 32.2. The first kappa shape index (κ1) is 31.9. The molecular weight excluding hydrogens is 546 g/mol. The summed E-state index contributed by atoms with van der Waals surface area (Å²) in [6, 6.07) is 4.86. The lowest BCUT2D eigenvalue weighted by atomic mass is 10.0. The zero-order chi connectivity index (χ0) is 30.3. The first-order valence-electron chi connectivity index (χ1n) is 13.6. The molecule has 4 unspecified atom stereocenters. The van der Waals surface area contributed by atoms with Gasteiger partial charge in [0.2, 0.25) is 15.9 Å². The molecule has 0 radical (unpaired) electrons. The third-order valence-corrected chi connectivity index (χ3v) is 8.08. The van der Waals surface area contributed by atoms with E-state index < -0.39 is 52.0 Å². The fraction of sp³-hybridized carbons (Fsp3) is 0.448. The van der Waals surface area contributed by atoms with Crippen molar-refractivity contribution < 1.29 is 27.5 Å². The van der Waals surface area contributed by atoms with E-state index in [2.05, 4.69) is 33.6 Å². The van der Waals surface area contributed by atoms with E-state index in [0.717, 1.165) is 22.0 Å². The molecule has 0 saturated carbocycles. The van der Waals surface area contributed by atoms with Crippen LogP contribution >= 0.6 is 0 Å². The number of amides is 2. The molecule has 1 aliphatic rings. The van der Waals surface area contributed by atoms with Crippen LogP contribution in [0.1, 0.15) is 57.9 Å². The minimum Gasteiger partial charge on any atom is -0.457 e. The molecule has 2 aromatic rings. The summed E-state index contributed by atoms with van der Waals surface area (Å²) in [5.41, 5.74) is 4.49. The summed E-state index contributed by atoms with van der Waals surface area (Å²) < 4.78 is 32.4. The molecule has 3 rings (SSSR count). The first-order chi connectivity index (χ1) is 19.3. The predicted octanol–water partition coefficient (Wildman–Crippen LogP) is 2.61. The van der Waals surface area contributed by atoms with Gasteiger partial charge in [0.25, 0.3) is 5.91 Å². The van der Waals surface area contributed by atoms with Crippen LogP contribution in [0, 0.1) is 5.92 Å². The quantitative estimate of drug-likeness (QED) is 0.255. The van der Waals surface area contributed by atoms with Gasteiger partial charge in [0.15, 0.2) is 0 Å². The topological polar surface area (TPSA) is 147 Å². The van der Waals surface area contributed by atoms with Crippen molar-refractivity contribution in [2.75, 3.05) is 12.3 Å². The molecule has 1 aliphatic heterocycles. The second-order valence-electron chi connectivity index (χ2n) is 10.5. The number of benzene rings is 1. The molecule has 41 heavy (non-hydrogen) atoms. The van der Waals surface area contributed by atoms with E-state index in [9.17, 15) is 22.8 Å². The summed E-state index contributed by atoms with van der Waals surface area (Å²) >= 11 is 0. The predicted molar refractivity (Wildman–Crippen MR) is 158 cm³/mol. The van der Waals surface area contributed by atoms with Crippen LogP contribution in [0.3, 0.4) is 0 Å². The van der Waals surface area contributed by atoms with E-state index in [1.54, 1.807) is 33.0 Å². The van der Waals surface area contributed by atoms with Gasteiger partial charge in [0.1, 0.15) is 24.2 Å². The lowest BCUT2D eigenvalue weighted by Crippen LogP contribution is -2.61. The second-order valence-corrected chi connectivity index (χ2v) is 12.3. The molecule has 1 fully saturated rings. The van der Waals surface area contributed by atoms with Crippen molar-refractivity contribution in [2.45, 2.75) is 64.8 Å². The molecule has 2 amide bonds. The SMILES string of the molecule is C=CCS(=O)(=O)NC(C(=O)NC(C)C(=O)N1CCCC(C(=O)OC(C)c2ccc3cnc(C=C)cc3c2)N1)C(C)C. The average Bonchev–Trinajstić information content (AvgIpc) is 2.94. The maximum atomic E-state index is 13.1. The molecule has 1 aromatic carbocycles. The van der Waals surface area contributed by atoms with Gasteiger partial charge in [-0.05, 0) is 61.8 Å². The second kappa shape index (κ2) is 13.8. The standard InChI is InChI=1S/C29H39N5O6S/c1-7-14-41(38,39)33-26(18(3)4)27(35)31-19(5)28(36)34-13-9-10-25(32-34)29(37)40-20(6)21-11-12-22-17-30-24(8-2)16-23(22)15-21/h7-8,11-12,15-20,25-26,32-33H,1-2,9-10,13-14H2,3-6H3,(H,31,35). The Bertz CT molecular complexity index is 1410. The Kier molecular flexibility index (Phi) is 10.8. The summed E-state index contributed by atoms with van der Waals surface area (Å²) in [7, 11) is -3.75. The number of pyridine rings is 1. The minimum atomic E-state index is -3.75. The van der Waals surface area contributed by atoms with Gasteiger partial charge in [0, 0.05) is 18.1 Å². The van der Waals surface area contributed by atoms with Crippen molar-refractivity contribution in [1.29, 1.82) is 0 Å². The Balaban J connectivity index is 1.60. The van der Waals surface area contributed by atoms with E-state index in [1.165, 1.54) is 18.0 Å². The van der Waals surface area contributed by atoms with Crippen molar-refractivity contribution in [3.05, 3.63) is 61.0 Å². The van der Waals surface area contributed by atoms with Gasteiger partial charge in [0.05, 0.1) is 11.4 Å². The number of rotatable bonds is 12. The normalized spacial score (nSPS) is 17.9. The summed E-state index contributed by atoms with van der Waals surface area (Å²) in [5.74, 6) is -2.28. The highest BCUT2D eigenvalue weighted by Gasteiger charge is 2.34. The number of nitrogens with one attached hydrogen (secondary N) is 3. The molecule has 4 atom stereocenters. The molecule has 2 heterocycles. The third-order valence-electron chi connectivity index (χ3n) is 6.80. The Hall–Kier alpha value is -3.61. The zero-order valence-electron chi connectivity index (χ0n) is 23.9. The number of hydrogen-bond acceptors (Lipinski definition) is 8. The molecule has 0 aliphatic carbocycles. The van der Waals surface area contributed by atoms with Gasteiger partial charge in [-0.25, -0.2) is 18.6 Å². The molecular formula is C29H39N5O6S. The lowest BCUT2D eigenvalue weighted by molar-refractivity contribution is -0.157. The summed E-state index contributed by atoms with van der Waals surface area (Å²) in [5, 5.41) is 5.80. The number of sulfonamides is 1.